The van der Waals surface area contributed by atoms with E-state index in [0.717, 1.165) is 11.2 Å². The Balaban J connectivity index is 2.11. The molecule has 0 saturated heterocycles. The first-order valence-electron chi connectivity index (χ1n) is 5.53. The van der Waals surface area contributed by atoms with Gasteiger partial charge in [0, 0.05) is 16.0 Å². The van der Waals surface area contributed by atoms with Gasteiger partial charge in [-0.3, -0.25) is 9.59 Å². The van der Waals surface area contributed by atoms with E-state index in [2.05, 4.69) is 0 Å². The normalized spacial score (nSPS) is 10.1. The van der Waals surface area contributed by atoms with Crippen LogP contribution in [-0.4, -0.2) is 11.4 Å². The lowest BCUT2D eigenvalue weighted by molar-refractivity contribution is 0.108. The molecule has 0 fully saturated rings. The molecule has 0 radical (unpaired) electrons. The Kier molecular flexibility index (Phi) is 3.95. The van der Waals surface area contributed by atoms with Crippen molar-refractivity contribution in [2.75, 3.05) is 0 Å². The molecule has 2 rings (SSSR count). The Labute approximate surface area is 110 Å². The van der Waals surface area contributed by atoms with Gasteiger partial charge >= 0.3 is 0 Å². The molecule has 0 unspecified atom stereocenters. The van der Waals surface area contributed by atoms with Crippen LogP contribution in [0.2, 0.25) is 0 Å². The van der Waals surface area contributed by atoms with Gasteiger partial charge in [-0.1, -0.05) is 29.8 Å². The van der Waals surface area contributed by atoms with Crippen molar-refractivity contribution in [1.29, 1.82) is 0 Å². The average molecular weight is 256 g/mol. The van der Waals surface area contributed by atoms with Gasteiger partial charge in [0.05, 0.1) is 0 Å². The van der Waals surface area contributed by atoms with Gasteiger partial charge in [0.25, 0.3) is 0 Å². The standard InChI is InChI=1S/C15H12O2S/c1-11-2-8-14(9-3-11)18-15(17)13-6-4-12(10-16)5-7-13/h2-10H,1H3. The van der Waals surface area contributed by atoms with Gasteiger partial charge in [-0.25, -0.2) is 0 Å². The number of carbonyl (C=O) groups is 2. The maximum atomic E-state index is 12.0. The number of carbonyl (C=O) groups excluding carboxylic acids is 2. The summed E-state index contributed by atoms with van der Waals surface area (Å²) in [4.78, 5) is 23.4. The second-order valence-electron chi connectivity index (χ2n) is 3.94. The lowest BCUT2D eigenvalue weighted by Gasteiger charge is -2.01. The fourth-order valence-electron chi connectivity index (χ4n) is 1.47. The van der Waals surface area contributed by atoms with E-state index in [1.807, 2.05) is 31.2 Å². The molecule has 0 aliphatic rings. The highest BCUT2D eigenvalue weighted by Crippen LogP contribution is 2.23. The van der Waals surface area contributed by atoms with E-state index in [-0.39, 0.29) is 5.12 Å². The number of aldehydes is 1. The van der Waals surface area contributed by atoms with Crippen LogP contribution in [0.3, 0.4) is 0 Å². The summed E-state index contributed by atoms with van der Waals surface area (Å²) in [6.07, 6.45) is 0.765. The monoisotopic (exact) mass is 256 g/mol. The van der Waals surface area contributed by atoms with Crippen molar-refractivity contribution >= 4 is 23.2 Å². The van der Waals surface area contributed by atoms with Gasteiger partial charge in [0.15, 0.2) is 0 Å². The molecule has 18 heavy (non-hydrogen) atoms. The van der Waals surface area contributed by atoms with E-state index in [4.69, 9.17) is 0 Å². The van der Waals surface area contributed by atoms with Gasteiger partial charge in [0.2, 0.25) is 5.12 Å². The van der Waals surface area contributed by atoms with Crippen molar-refractivity contribution in [3.05, 3.63) is 65.2 Å². The molecular formula is C15H12O2S. The van der Waals surface area contributed by atoms with Crippen LogP contribution >= 0.6 is 11.8 Å². The number of benzene rings is 2. The average Bonchev–Trinajstić information content (AvgIpc) is 2.41. The van der Waals surface area contributed by atoms with E-state index in [9.17, 15) is 9.59 Å². The molecule has 0 aliphatic heterocycles. The zero-order valence-electron chi connectivity index (χ0n) is 9.92. The lowest BCUT2D eigenvalue weighted by atomic mass is 10.2. The highest BCUT2D eigenvalue weighted by atomic mass is 32.2. The predicted molar refractivity (Wildman–Crippen MR) is 73.2 cm³/mol. The van der Waals surface area contributed by atoms with Crippen LogP contribution in [0.15, 0.2) is 53.4 Å². The molecule has 0 saturated carbocycles. The fraction of sp³-hybridized carbons (Fsp3) is 0.0667. The topological polar surface area (TPSA) is 34.1 Å². The summed E-state index contributed by atoms with van der Waals surface area (Å²) >= 11 is 1.19. The highest BCUT2D eigenvalue weighted by Gasteiger charge is 2.07. The van der Waals surface area contributed by atoms with Crippen LogP contribution in [-0.2, 0) is 0 Å². The maximum absolute atomic E-state index is 12.0. The third kappa shape index (κ3) is 3.08. The first-order chi connectivity index (χ1) is 8.69. The number of rotatable bonds is 3. The van der Waals surface area contributed by atoms with E-state index in [1.54, 1.807) is 24.3 Å². The summed E-state index contributed by atoms with van der Waals surface area (Å²) in [6, 6.07) is 14.5. The molecule has 3 heteroatoms. The third-order valence-electron chi connectivity index (χ3n) is 2.51. The Morgan fingerprint density at radius 1 is 1.00 bits per heavy atom. The highest BCUT2D eigenvalue weighted by molar-refractivity contribution is 8.14. The van der Waals surface area contributed by atoms with Gasteiger partial charge < -0.3 is 0 Å². The smallest absolute Gasteiger partial charge is 0.224 e. The molecule has 0 bridgehead atoms. The van der Waals surface area contributed by atoms with Gasteiger partial charge in [-0.15, -0.1) is 0 Å². The van der Waals surface area contributed by atoms with Crippen molar-refractivity contribution in [2.45, 2.75) is 11.8 Å². The minimum Gasteiger partial charge on any atom is -0.298 e. The third-order valence-corrected chi connectivity index (χ3v) is 3.44. The lowest BCUT2D eigenvalue weighted by Crippen LogP contribution is -1.93. The van der Waals surface area contributed by atoms with Gasteiger partial charge in [0.1, 0.15) is 6.29 Å². The molecule has 0 amide bonds. The molecule has 0 N–H and O–H groups in total. The first-order valence-corrected chi connectivity index (χ1v) is 6.35. The van der Waals surface area contributed by atoms with Crippen LogP contribution in [0.1, 0.15) is 26.3 Å². The Hall–Kier alpha value is -1.87. The molecule has 2 nitrogen and oxygen atoms in total. The molecule has 0 heterocycles. The second-order valence-corrected chi connectivity index (χ2v) is 4.99. The van der Waals surface area contributed by atoms with Crippen molar-refractivity contribution in [3.8, 4) is 0 Å². The Bertz CT molecular complexity index is 556. The molecule has 0 atom stereocenters. The van der Waals surface area contributed by atoms with Crippen LogP contribution in [0.25, 0.3) is 0 Å². The minimum absolute atomic E-state index is 0.0173. The summed E-state index contributed by atoms with van der Waals surface area (Å²) in [5.41, 5.74) is 2.35. The Morgan fingerprint density at radius 2 is 1.61 bits per heavy atom. The zero-order chi connectivity index (χ0) is 13.0. The largest absolute Gasteiger partial charge is 0.298 e. The Morgan fingerprint density at radius 3 is 2.17 bits per heavy atom. The quantitative estimate of drug-likeness (QED) is 0.619. The summed E-state index contributed by atoms with van der Waals surface area (Å²) in [6.45, 7) is 2.01. The van der Waals surface area contributed by atoms with Crippen molar-refractivity contribution in [3.63, 3.8) is 0 Å². The van der Waals surface area contributed by atoms with Gasteiger partial charge in [-0.05, 0) is 43.0 Å². The van der Waals surface area contributed by atoms with E-state index < -0.39 is 0 Å². The molecule has 0 aliphatic carbocycles. The molecule has 0 aromatic heterocycles. The first kappa shape index (κ1) is 12.6. The molecule has 2 aromatic carbocycles. The van der Waals surface area contributed by atoms with Crippen LogP contribution in [0.4, 0.5) is 0 Å². The van der Waals surface area contributed by atoms with Crippen molar-refractivity contribution < 1.29 is 9.59 Å². The fourth-order valence-corrected chi connectivity index (χ4v) is 2.21. The molecule has 2 aromatic rings. The van der Waals surface area contributed by atoms with Crippen LogP contribution in [0.5, 0.6) is 0 Å². The predicted octanol–water partition coefficient (Wildman–Crippen LogP) is 3.74. The van der Waals surface area contributed by atoms with E-state index >= 15 is 0 Å². The van der Waals surface area contributed by atoms with Crippen LogP contribution in [0, 0.1) is 6.92 Å². The minimum atomic E-state index is -0.0173. The maximum Gasteiger partial charge on any atom is 0.224 e. The number of hydrogen-bond acceptors (Lipinski definition) is 3. The van der Waals surface area contributed by atoms with Gasteiger partial charge in [-0.2, -0.15) is 0 Å². The molecule has 0 spiro atoms. The number of aryl methyl sites for hydroxylation is 1. The second kappa shape index (κ2) is 5.65. The zero-order valence-corrected chi connectivity index (χ0v) is 10.7. The summed E-state index contributed by atoms with van der Waals surface area (Å²) < 4.78 is 0. The summed E-state index contributed by atoms with van der Waals surface area (Å²) in [7, 11) is 0. The molecular weight excluding hydrogens is 244 g/mol. The van der Waals surface area contributed by atoms with E-state index in [1.165, 1.54) is 17.3 Å². The SMILES string of the molecule is Cc1ccc(SC(=O)c2ccc(C=O)cc2)cc1. The van der Waals surface area contributed by atoms with Crippen molar-refractivity contribution in [2.24, 2.45) is 0 Å². The number of thioether (sulfide) groups is 1. The van der Waals surface area contributed by atoms with Crippen molar-refractivity contribution in [1.82, 2.24) is 0 Å². The molecule has 90 valence electrons. The summed E-state index contributed by atoms with van der Waals surface area (Å²) in [5, 5.41) is -0.0173. The number of hydrogen-bond donors (Lipinski definition) is 0. The van der Waals surface area contributed by atoms with Crippen LogP contribution < -0.4 is 0 Å². The summed E-state index contributed by atoms with van der Waals surface area (Å²) in [5.74, 6) is 0. The van der Waals surface area contributed by atoms with E-state index in [0.29, 0.717) is 11.1 Å².